The first-order valence-corrected chi connectivity index (χ1v) is 5.87. The molecule has 2 aromatic heterocycles. The second-order valence-corrected chi connectivity index (χ2v) is 4.44. The maximum atomic E-state index is 11.8. The summed E-state index contributed by atoms with van der Waals surface area (Å²) >= 11 is 7.19. The van der Waals surface area contributed by atoms with Crippen LogP contribution in [0.5, 0.6) is 0 Å². The third-order valence-electron chi connectivity index (χ3n) is 2.03. The first-order valence-electron chi connectivity index (χ1n) is 4.61. The summed E-state index contributed by atoms with van der Waals surface area (Å²) in [5.74, 6) is -0.263. The molecule has 16 heavy (non-hydrogen) atoms. The maximum absolute atomic E-state index is 11.8. The van der Waals surface area contributed by atoms with Gasteiger partial charge in [-0.25, -0.2) is 4.98 Å². The Hall–Kier alpha value is -1.33. The smallest absolute Gasteiger partial charge is 0.256 e. The molecule has 0 aliphatic heterocycles. The van der Waals surface area contributed by atoms with Gasteiger partial charge in [-0.05, 0) is 24.6 Å². The highest BCUT2D eigenvalue weighted by atomic mass is 35.5. The molecule has 2 rings (SSSR count). The van der Waals surface area contributed by atoms with E-state index in [2.05, 4.69) is 10.3 Å². The molecule has 0 bridgehead atoms. The molecule has 84 valence electrons. The molecule has 0 aliphatic carbocycles. The van der Waals surface area contributed by atoms with E-state index in [0.717, 1.165) is 5.01 Å². The Balaban J connectivity index is 2.06. The molecule has 2 aromatic rings. The van der Waals surface area contributed by atoms with Crippen molar-refractivity contribution in [3.05, 3.63) is 39.7 Å². The fraction of sp³-hybridized carbons (Fsp3) is 0.200. The normalized spacial score (nSPS) is 12.4. The van der Waals surface area contributed by atoms with Gasteiger partial charge >= 0.3 is 0 Å². The molecule has 0 aromatic carbocycles. The molecule has 1 atom stereocenters. The molecule has 0 aliphatic rings. The van der Waals surface area contributed by atoms with Crippen LogP contribution in [0.4, 0.5) is 0 Å². The summed E-state index contributed by atoms with van der Waals surface area (Å²) in [5.41, 5.74) is 0.338. The fourth-order valence-electron chi connectivity index (χ4n) is 1.24. The average molecular weight is 257 g/mol. The molecule has 1 N–H and O–H groups in total. The largest absolute Gasteiger partial charge is 0.452 e. The van der Waals surface area contributed by atoms with Gasteiger partial charge < -0.3 is 9.73 Å². The van der Waals surface area contributed by atoms with Gasteiger partial charge in [-0.1, -0.05) is 0 Å². The SMILES string of the molecule is CC(NC(=O)c1ccoc1Cl)c1nccs1. The molecule has 4 nitrogen and oxygen atoms in total. The summed E-state index contributed by atoms with van der Waals surface area (Å²) in [6.45, 7) is 1.87. The van der Waals surface area contributed by atoms with Crippen LogP contribution in [-0.2, 0) is 0 Å². The van der Waals surface area contributed by atoms with Crippen molar-refractivity contribution in [2.45, 2.75) is 13.0 Å². The fourth-order valence-corrected chi connectivity index (χ4v) is 2.09. The first-order chi connectivity index (χ1) is 7.68. The third kappa shape index (κ3) is 2.25. The Morgan fingerprint density at radius 3 is 3.06 bits per heavy atom. The Labute approximate surface area is 101 Å². The van der Waals surface area contributed by atoms with Gasteiger partial charge in [0.05, 0.1) is 17.9 Å². The van der Waals surface area contributed by atoms with Gasteiger partial charge in [0.1, 0.15) is 5.01 Å². The van der Waals surface area contributed by atoms with Crippen LogP contribution in [0.25, 0.3) is 0 Å². The number of nitrogens with zero attached hydrogens (tertiary/aromatic N) is 1. The summed E-state index contributed by atoms with van der Waals surface area (Å²) in [5, 5.41) is 5.61. The van der Waals surface area contributed by atoms with Crippen molar-refractivity contribution in [1.29, 1.82) is 0 Å². The van der Waals surface area contributed by atoms with Crippen LogP contribution < -0.4 is 5.32 Å². The number of halogens is 1. The summed E-state index contributed by atoms with van der Waals surface area (Å²) in [4.78, 5) is 15.9. The third-order valence-corrected chi connectivity index (χ3v) is 3.28. The second-order valence-electron chi connectivity index (χ2n) is 3.17. The van der Waals surface area contributed by atoms with Crippen molar-refractivity contribution < 1.29 is 9.21 Å². The molecule has 0 spiro atoms. The van der Waals surface area contributed by atoms with Crippen molar-refractivity contribution in [1.82, 2.24) is 10.3 Å². The van der Waals surface area contributed by atoms with Gasteiger partial charge in [-0.15, -0.1) is 11.3 Å². The van der Waals surface area contributed by atoms with Gasteiger partial charge in [-0.2, -0.15) is 0 Å². The number of hydrogen-bond donors (Lipinski definition) is 1. The van der Waals surface area contributed by atoms with Crippen LogP contribution in [0.1, 0.15) is 28.3 Å². The minimum absolute atomic E-state index is 0.101. The number of carbonyl (C=O) groups is 1. The lowest BCUT2D eigenvalue weighted by atomic mass is 10.3. The predicted octanol–water partition coefficient (Wildman–Crippen LogP) is 2.88. The zero-order valence-corrected chi connectivity index (χ0v) is 10.0. The van der Waals surface area contributed by atoms with Crippen molar-refractivity contribution in [3.8, 4) is 0 Å². The number of hydrogen-bond acceptors (Lipinski definition) is 4. The van der Waals surface area contributed by atoms with E-state index in [-0.39, 0.29) is 17.2 Å². The number of furan rings is 1. The number of amides is 1. The molecule has 1 amide bonds. The van der Waals surface area contributed by atoms with E-state index in [1.165, 1.54) is 23.7 Å². The quantitative estimate of drug-likeness (QED) is 0.919. The van der Waals surface area contributed by atoms with Crippen LogP contribution in [0.2, 0.25) is 5.22 Å². The molecule has 0 fully saturated rings. The van der Waals surface area contributed by atoms with Crippen LogP contribution in [0, 0.1) is 0 Å². The Morgan fingerprint density at radius 1 is 1.69 bits per heavy atom. The number of nitrogens with one attached hydrogen (secondary N) is 1. The van der Waals surface area contributed by atoms with Crippen molar-refractivity contribution in [3.63, 3.8) is 0 Å². The standard InChI is InChI=1S/C10H9ClN2O2S/c1-6(10-12-3-5-16-10)13-9(14)7-2-4-15-8(7)11/h2-6H,1H3,(H,13,14). The molecular weight excluding hydrogens is 248 g/mol. The molecule has 0 saturated carbocycles. The second kappa shape index (κ2) is 4.67. The van der Waals surface area contributed by atoms with E-state index in [1.807, 2.05) is 12.3 Å². The van der Waals surface area contributed by atoms with Crippen LogP contribution in [0.3, 0.4) is 0 Å². The molecule has 0 radical (unpaired) electrons. The van der Waals surface area contributed by atoms with Crippen LogP contribution >= 0.6 is 22.9 Å². The first kappa shape index (κ1) is 11.2. The van der Waals surface area contributed by atoms with Crippen molar-refractivity contribution >= 4 is 28.8 Å². The molecular formula is C10H9ClN2O2S. The summed E-state index contributed by atoms with van der Waals surface area (Å²) in [7, 11) is 0. The van der Waals surface area contributed by atoms with E-state index in [1.54, 1.807) is 6.20 Å². The van der Waals surface area contributed by atoms with E-state index >= 15 is 0 Å². The number of carbonyl (C=O) groups excluding carboxylic acids is 1. The molecule has 6 heteroatoms. The zero-order chi connectivity index (χ0) is 11.5. The molecule has 0 saturated heterocycles. The lowest BCUT2D eigenvalue weighted by Gasteiger charge is -2.09. The zero-order valence-electron chi connectivity index (χ0n) is 8.44. The average Bonchev–Trinajstić information content (AvgIpc) is 2.86. The van der Waals surface area contributed by atoms with E-state index in [4.69, 9.17) is 16.0 Å². The summed E-state index contributed by atoms with van der Waals surface area (Å²) in [6.07, 6.45) is 3.08. The lowest BCUT2D eigenvalue weighted by molar-refractivity contribution is 0.0939. The van der Waals surface area contributed by atoms with Gasteiger partial charge in [0.25, 0.3) is 5.91 Å². The lowest BCUT2D eigenvalue weighted by Crippen LogP contribution is -2.26. The van der Waals surface area contributed by atoms with Gasteiger partial charge in [0.15, 0.2) is 0 Å². The Kier molecular flexibility index (Phi) is 3.26. The van der Waals surface area contributed by atoms with Gasteiger partial charge in [0, 0.05) is 11.6 Å². The Morgan fingerprint density at radius 2 is 2.50 bits per heavy atom. The summed E-state index contributed by atoms with van der Waals surface area (Å²) in [6, 6.07) is 1.39. The van der Waals surface area contributed by atoms with E-state index in [9.17, 15) is 4.79 Å². The molecule has 2 heterocycles. The Bertz CT molecular complexity index is 481. The maximum Gasteiger partial charge on any atom is 0.256 e. The minimum Gasteiger partial charge on any atom is -0.452 e. The number of thiazole rings is 1. The van der Waals surface area contributed by atoms with Crippen molar-refractivity contribution in [2.24, 2.45) is 0 Å². The highest BCUT2D eigenvalue weighted by molar-refractivity contribution is 7.09. The van der Waals surface area contributed by atoms with E-state index in [0.29, 0.717) is 5.56 Å². The topological polar surface area (TPSA) is 55.1 Å². The summed E-state index contributed by atoms with van der Waals surface area (Å²) < 4.78 is 4.85. The predicted molar refractivity (Wildman–Crippen MR) is 61.7 cm³/mol. The number of aromatic nitrogens is 1. The van der Waals surface area contributed by atoms with Crippen molar-refractivity contribution in [2.75, 3.05) is 0 Å². The van der Waals surface area contributed by atoms with Crippen LogP contribution in [-0.4, -0.2) is 10.9 Å². The van der Waals surface area contributed by atoms with Crippen LogP contribution in [0.15, 0.2) is 28.3 Å². The highest BCUT2D eigenvalue weighted by Crippen LogP contribution is 2.19. The highest BCUT2D eigenvalue weighted by Gasteiger charge is 2.17. The monoisotopic (exact) mass is 256 g/mol. The minimum atomic E-state index is -0.263. The van der Waals surface area contributed by atoms with Gasteiger partial charge in [0.2, 0.25) is 5.22 Å². The van der Waals surface area contributed by atoms with Gasteiger partial charge in [-0.3, -0.25) is 4.79 Å². The number of rotatable bonds is 3. The molecule has 1 unspecified atom stereocenters. The van der Waals surface area contributed by atoms with E-state index < -0.39 is 0 Å².